The number of amides is 1. The molecule has 0 radical (unpaired) electrons. The molecule has 2 unspecified atom stereocenters. The average molecular weight is 245 g/mol. The molecule has 1 N–H and O–H groups in total. The zero-order chi connectivity index (χ0) is 11.8. The third-order valence-electron chi connectivity index (χ3n) is 3.61. The van der Waals surface area contributed by atoms with Gasteiger partial charge in [-0.1, -0.05) is 0 Å². The Hall–Kier alpha value is -0.580. The highest BCUT2D eigenvalue weighted by molar-refractivity contribution is 7.90. The third-order valence-corrected chi connectivity index (χ3v) is 4.64. The number of rotatable bonds is 5. The van der Waals surface area contributed by atoms with Crippen molar-refractivity contribution in [3.8, 4) is 0 Å². The van der Waals surface area contributed by atoms with E-state index in [-0.39, 0.29) is 17.6 Å². The van der Waals surface area contributed by atoms with Crippen LogP contribution in [-0.2, 0) is 14.6 Å². The van der Waals surface area contributed by atoms with Crippen LogP contribution in [0.5, 0.6) is 0 Å². The molecule has 1 amide bonds. The summed E-state index contributed by atoms with van der Waals surface area (Å²) in [7, 11) is -2.89. The van der Waals surface area contributed by atoms with Crippen molar-refractivity contribution in [3.05, 3.63) is 0 Å². The van der Waals surface area contributed by atoms with Crippen molar-refractivity contribution < 1.29 is 13.2 Å². The van der Waals surface area contributed by atoms with Gasteiger partial charge in [-0.25, -0.2) is 8.42 Å². The average Bonchev–Trinajstić information content (AvgIpc) is 2.79. The number of carbonyl (C=O) groups is 1. The summed E-state index contributed by atoms with van der Waals surface area (Å²) in [6, 6.07) is 0. The van der Waals surface area contributed by atoms with Gasteiger partial charge in [0.25, 0.3) is 0 Å². The van der Waals surface area contributed by atoms with Gasteiger partial charge in [0.15, 0.2) is 0 Å². The fourth-order valence-electron chi connectivity index (χ4n) is 2.62. The van der Waals surface area contributed by atoms with E-state index in [1.165, 1.54) is 12.7 Å². The molecule has 5 heteroatoms. The molecule has 0 spiro atoms. The van der Waals surface area contributed by atoms with E-state index in [9.17, 15) is 13.2 Å². The van der Waals surface area contributed by atoms with Crippen molar-refractivity contribution in [3.63, 3.8) is 0 Å². The summed E-state index contributed by atoms with van der Waals surface area (Å²) in [4.78, 5) is 11.7. The molecule has 2 atom stereocenters. The summed E-state index contributed by atoms with van der Waals surface area (Å²) in [6.07, 6.45) is 5.15. The van der Waals surface area contributed by atoms with Gasteiger partial charge in [-0.3, -0.25) is 4.79 Å². The van der Waals surface area contributed by atoms with Crippen molar-refractivity contribution in [2.75, 3.05) is 18.6 Å². The minimum absolute atomic E-state index is 0.126. The Morgan fingerprint density at radius 2 is 1.88 bits per heavy atom. The fourth-order valence-corrected chi connectivity index (χ4v) is 3.29. The Balaban J connectivity index is 1.61. The molecule has 2 aliphatic rings. The number of sulfone groups is 1. The topological polar surface area (TPSA) is 63.2 Å². The molecule has 0 aromatic rings. The van der Waals surface area contributed by atoms with Gasteiger partial charge in [0.1, 0.15) is 9.84 Å². The number of hydrogen-bond donors (Lipinski definition) is 1. The molecule has 92 valence electrons. The van der Waals surface area contributed by atoms with Crippen molar-refractivity contribution in [1.29, 1.82) is 0 Å². The first-order valence-corrected chi connectivity index (χ1v) is 7.97. The minimum Gasteiger partial charge on any atom is -0.356 e. The number of fused-ring (bicyclic) bond motifs is 1. The standard InChI is InChI=1S/C11H19NO3S/c1-16(14,15)4-2-3-12-11(13)10-6-8-5-9(8)7-10/h8-10H,2-7H2,1H3,(H,12,13). The van der Waals surface area contributed by atoms with Gasteiger partial charge in [-0.2, -0.15) is 0 Å². The van der Waals surface area contributed by atoms with E-state index in [2.05, 4.69) is 5.32 Å². The van der Waals surface area contributed by atoms with E-state index < -0.39 is 9.84 Å². The van der Waals surface area contributed by atoms with E-state index >= 15 is 0 Å². The first-order chi connectivity index (χ1) is 7.46. The van der Waals surface area contributed by atoms with Crippen molar-refractivity contribution >= 4 is 15.7 Å². The van der Waals surface area contributed by atoms with Crippen molar-refractivity contribution in [2.45, 2.75) is 25.7 Å². The van der Waals surface area contributed by atoms with Crippen molar-refractivity contribution in [1.82, 2.24) is 5.32 Å². The van der Waals surface area contributed by atoms with Crippen LogP contribution >= 0.6 is 0 Å². The Labute approximate surface area is 96.7 Å². The van der Waals surface area contributed by atoms with E-state index in [0.717, 1.165) is 24.7 Å². The molecule has 16 heavy (non-hydrogen) atoms. The zero-order valence-corrected chi connectivity index (χ0v) is 10.4. The van der Waals surface area contributed by atoms with Crippen LogP contribution < -0.4 is 5.32 Å². The Bertz CT molecular complexity index is 367. The number of nitrogens with one attached hydrogen (secondary N) is 1. The summed E-state index contributed by atoms with van der Waals surface area (Å²) in [5.74, 6) is 2.10. The van der Waals surface area contributed by atoms with E-state index in [4.69, 9.17) is 0 Å². The van der Waals surface area contributed by atoms with Crippen LogP contribution in [0.3, 0.4) is 0 Å². The summed E-state index contributed by atoms with van der Waals surface area (Å²) in [5.41, 5.74) is 0. The maximum absolute atomic E-state index is 11.7. The Morgan fingerprint density at radius 1 is 1.25 bits per heavy atom. The first kappa shape index (κ1) is 11.9. The zero-order valence-electron chi connectivity index (χ0n) is 9.61. The van der Waals surface area contributed by atoms with Crippen LogP contribution in [0.2, 0.25) is 0 Å². The lowest BCUT2D eigenvalue weighted by Crippen LogP contribution is -2.31. The lowest BCUT2D eigenvalue weighted by Gasteiger charge is -2.11. The SMILES string of the molecule is CS(=O)(=O)CCCNC(=O)C1CC2CC2C1. The molecule has 0 heterocycles. The van der Waals surface area contributed by atoms with Crippen molar-refractivity contribution in [2.24, 2.45) is 17.8 Å². The molecular weight excluding hydrogens is 226 g/mol. The largest absolute Gasteiger partial charge is 0.356 e. The highest BCUT2D eigenvalue weighted by Gasteiger charge is 2.47. The second-order valence-electron chi connectivity index (χ2n) is 5.20. The van der Waals surface area contributed by atoms with Gasteiger partial charge in [0.2, 0.25) is 5.91 Å². The predicted molar refractivity (Wildman–Crippen MR) is 61.7 cm³/mol. The summed E-state index contributed by atoms with van der Waals surface area (Å²) < 4.78 is 21.7. The van der Waals surface area contributed by atoms with Crippen LogP contribution in [-0.4, -0.2) is 32.9 Å². The monoisotopic (exact) mass is 245 g/mol. The normalized spacial score (nSPS) is 32.2. The maximum atomic E-state index is 11.7. The van der Waals surface area contributed by atoms with Gasteiger partial charge in [-0.15, -0.1) is 0 Å². The van der Waals surface area contributed by atoms with Gasteiger partial charge in [0, 0.05) is 18.7 Å². The van der Waals surface area contributed by atoms with E-state index in [1.54, 1.807) is 0 Å². The summed E-state index contributed by atoms with van der Waals surface area (Å²) in [6.45, 7) is 0.484. The van der Waals surface area contributed by atoms with Crippen LogP contribution in [0.4, 0.5) is 0 Å². The van der Waals surface area contributed by atoms with E-state index in [0.29, 0.717) is 13.0 Å². The molecule has 0 aliphatic heterocycles. The Kier molecular flexibility index (Phi) is 3.24. The first-order valence-electron chi connectivity index (χ1n) is 5.91. The molecule has 0 aromatic heterocycles. The quantitative estimate of drug-likeness (QED) is 0.721. The number of carbonyl (C=O) groups excluding carboxylic acids is 1. The lowest BCUT2D eigenvalue weighted by molar-refractivity contribution is -0.125. The third kappa shape index (κ3) is 3.20. The van der Waals surface area contributed by atoms with Gasteiger partial charge in [-0.05, 0) is 37.5 Å². The molecule has 2 aliphatic carbocycles. The van der Waals surface area contributed by atoms with Crippen LogP contribution in [0.1, 0.15) is 25.7 Å². The lowest BCUT2D eigenvalue weighted by atomic mass is 10.0. The van der Waals surface area contributed by atoms with Gasteiger partial charge >= 0.3 is 0 Å². The molecule has 2 saturated carbocycles. The minimum atomic E-state index is -2.89. The van der Waals surface area contributed by atoms with Gasteiger partial charge < -0.3 is 5.32 Å². The van der Waals surface area contributed by atoms with Crippen LogP contribution in [0.25, 0.3) is 0 Å². The van der Waals surface area contributed by atoms with Crippen LogP contribution in [0.15, 0.2) is 0 Å². The highest BCUT2D eigenvalue weighted by Crippen LogP contribution is 2.54. The molecule has 2 fully saturated rings. The van der Waals surface area contributed by atoms with Crippen LogP contribution in [0, 0.1) is 17.8 Å². The molecule has 2 rings (SSSR count). The smallest absolute Gasteiger partial charge is 0.223 e. The summed E-state index contributed by atoms with van der Waals surface area (Å²) >= 11 is 0. The highest BCUT2D eigenvalue weighted by atomic mass is 32.2. The Morgan fingerprint density at radius 3 is 2.44 bits per heavy atom. The van der Waals surface area contributed by atoms with E-state index in [1.807, 2.05) is 0 Å². The molecule has 0 saturated heterocycles. The fraction of sp³-hybridized carbons (Fsp3) is 0.909. The molecule has 0 aromatic carbocycles. The molecule has 4 nitrogen and oxygen atoms in total. The second-order valence-corrected chi connectivity index (χ2v) is 7.46. The summed E-state index contributed by atoms with van der Waals surface area (Å²) in [5, 5.41) is 2.83. The number of hydrogen-bond acceptors (Lipinski definition) is 3. The molecular formula is C11H19NO3S. The van der Waals surface area contributed by atoms with Gasteiger partial charge in [0.05, 0.1) is 5.75 Å². The molecule has 0 bridgehead atoms. The maximum Gasteiger partial charge on any atom is 0.223 e. The second kappa shape index (κ2) is 4.35. The predicted octanol–water partition coefficient (Wildman–Crippen LogP) is 0.583.